The first-order valence-electron chi connectivity index (χ1n) is 6.96. The van der Waals surface area contributed by atoms with Gasteiger partial charge in [0.2, 0.25) is 0 Å². The minimum atomic E-state index is 0.558. The van der Waals surface area contributed by atoms with E-state index in [-0.39, 0.29) is 0 Å². The van der Waals surface area contributed by atoms with Crippen molar-refractivity contribution in [3.8, 4) is 11.5 Å². The van der Waals surface area contributed by atoms with Gasteiger partial charge in [-0.3, -0.25) is 4.90 Å². The summed E-state index contributed by atoms with van der Waals surface area (Å²) < 4.78 is 5.26. The van der Waals surface area contributed by atoms with E-state index < -0.39 is 0 Å². The molecule has 0 amide bonds. The Balaban J connectivity index is 2.10. The van der Waals surface area contributed by atoms with Crippen LogP contribution in [0.3, 0.4) is 0 Å². The largest absolute Gasteiger partial charge is 0.344 e. The van der Waals surface area contributed by atoms with E-state index in [1.54, 1.807) is 0 Å². The van der Waals surface area contributed by atoms with Crippen molar-refractivity contribution in [3.05, 3.63) is 29.8 Å². The Kier molecular flexibility index (Phi) is 4.74. The van der Waals surface area contributed by atoms with E-state index in [4.69, 9.17) is 4.52 Å². The molecular formula is C15H22N4O. The fourth-order valence-corrected chi connectivity index (χ4v) is 1.97. The number of rotatable bonds is 6. The molecule has 2 aromatic rings. The zero-order chi connectivity index (χ0) is 14.5. The van der Waals surface area contributed by atoms with Crippen LogP contribution in [-0.2, 0) is 6.54 Å². The zero-order valence-electron chi connectivity index (χ0n) is 12.6. The highest BCUT2D eigenvalue weighted by Crippen LogP contribution is 2.20. The second kappa shape index (κ2) is 6.52. The Morgan fingerprint density at radius 3 is 2.20 bits per heavy atom. The predicted molar refractivity (Wildman–Crippen MR) is 80.7 cm³/mol. The van der Waals surface area contributed by atoms with Crippen LogP contribution in [0.25, 0.3) is 11.5 Å². The molecule has 20 heavy (non-hydrogen) atoms. The molecule has 0 spiro atoms. The Morgan fingerprint density at radius 2 is 1.70 bits per heavy atom. The zero-order valence-corrected chi connectivity index (χ0v) is 12.6. The van der Waals surface area contributed by atoms with Gasteiger partial charge in [-0.15, -0.1) is 0 Å². The lowest BCUT2D eigenvalue weighted by Crippen LogP contribution is -2.21. The molecule has 0 fully saturated rings. The molecule has 2 rings (SSSR count). The van der Waals surface area contributed by atoms with Crippen molar-refractivity contribution < 1.29 is 4.52 Å². The second-order valence-electron chi connectivity index (χ2n) is 4.95. The van der Waals surface area contributed by atoms with Gasteiger partial charge in [-0.05, 0) is 35.9 Å². The molecule has 0 unspecified atom stereocenters. The third kappa shape index (κ3) is 3.36. The molecule has 5 nitrogen and oxygen atoms in total. The number of nitrogens with zero attached hydrogens (tertiary/aromatic N) is 4. The first-order chi connectivity index (χ1) is 9.63. The van der Waals surface area contributed by atoms with Gasteiger partial charge in [-0.25, -0.2) is 0 Å². The predicted octanol–water partition coefficient (Wildman–Crippen LogP) is 2.64. The molecule has 0 aliphatic rings. The summed E-state index contributed by atoms with van der Waals surface area (Å²) >= 11 is 0. The smallest absolute Gasteiger partial charge is 0.265 e. The Labute approximate surface area is 120 Å². The third-order valence-corrected chi connectivity index (χ3v) is 3.32. The minimum Gasteiger partial charge on any atom is -0.344 e. The van der Waals surface area contributed by atoms with E-state index in [0.29, 0.717) is 11.8 Å². The number of hydrogen-bond donors (Lipinski definition) is 0. The van der Waals surface area contributed by atoms with Crippen LogP contribution in [0.5, 0.6) is 0 Å². The lowest BCUT2D eigenvalue weighted by Gasteiger charge is -2.17. The van der Waals surface area contributed by atoms with Gasteiger partial charge < -0.3 is 9.42 Å². The van der Waals surface area contributed by atoms with Gasteiger partial charge in [0, 0.05) is 26.2 Å². The van der Waals surface area contributed by atoms with Crippen LogP contribution in [0.15, 0.2) is 28.8 Å². The number of aromatic nitrogens is 2. The minimum absolute atomic E-state index is 0.558. The van der Waals surface area contributed by atoms with Crippen LogP contribution in [0, 0.1) is 0 Å². The molecule has 0 N–H and O–H groups in total. The fourth-order valence-electron chi connectivity index (χ4n) is 1.97. The number of anilines is 1. The van der Waals surface area contributed by atoms with E-state index in [2.05, 4.69) is 41.0 Å². The molecule has 0 radical (unpaired) electrons. The molecule has 108 valence electrons. The molecule has 5 heteroatoms. The van der Waals surface area contributed by atoms with Crippen LogP contribution in [0.1, 0.15) is 19.4 Å². The summed E-state index contributed by atoms with van der Waals surface area (Å²) in [7, 11) is 3.78. The quantitative estimate of drug-likeness (QED) is 0.810. The fraction of sp³-hybridized carbons (Fsp3) is 0.467. The third-order valence-electron chi connectivity index (χ3n) is 3.32. The van der Waals surface area contributed by atoms with E-state index in [1.165, 1.54) is 5.56 Å². The maximum Gasteiger partial charge on any atom is 0.265 e. The number of benzene rings is 1. The van der Waals surface area contributed by atoms with E-state index in [9.17, 15) is 0 Å². The molecule has 0 aliphatic heterocycles. The van der Waals surface area contributed by atoms with Gasteiger partial charge in [0.15, 0.2) is 0 Å². The average molecular weight is 274 g/mol. The summed E-state index contributed by atoms with van der Waals surface area (Å²) in [5.41, 5.74) is 2.25. The van der Waals surface area contributed by atoms with Crippen LogP contribution in [-0.4, -0.2) is 42.2 Å². The van der Waals surface area contributed by atoms with Crippen molar-refractivity contribution in [2.75, 3.05) is 32.1 Å². The normalized spacial score (nSPS) is 11.1. The Bertz CT molecular complexity index is 529. The first-order valence-corrected chi connectivity index (χ1v) is 6.96. The molecular weight excluding hydrogens is 252 g/mol. The monoisotopic (exact) mass is 274 g/mol. The molecule has 0 saturated carbocycles. The highest BCUT2D eigenvalue weighted by atomic mass is 16.5. The van der Waals surface area contributed by atoms with Crippen molar-refractivity contribution in [3.63, 3.8) is 0 Å². The highest BCUT2D eigenvalue weighted by Gasteiger charge is 2.10. The maximum atomic E-state index is 5.26. The van der Waals surface area contributed by atoms with Crippen LogP contribution < -0.4 is 4.90 Å². The molecule has 1 heterocycles. The molecule has 1 aromatic carbocycles. The molecule has 0 aliphatic carbocycles. The van der Waals surface area contributed by atoms with Gasteiger partial charge in [0.1, 0.15) is 0 Å². The lowest BCUT2D eigenvalue weighted by atomic mass is 10.1. The van der Waals surface area contributed by atoms with Gasteiger partial charge in [0.25, 0.3) is 11.8 Å². The van der Waals surface area contributed by atoms with Gasteiger partial charge in [-0.1, -0.05) is 26.0 Å². The summed E-state index contributed by atoms with van der Waals surface area (Å²) in [6.07, 6.45) is 0. The Hall–Kier alpha value is -1.88. The van der Waals surface area contributed by atoms with E-state index in [0.717, 1.165) is 25.2 Å². The summed E-state index contributed by atoms with van der Waals surface area (Å²) in [5, 5.41) is 3.92. The van der Waals surface area contributed by atoms with Crippen molar-refractivity contribution in [2.24, 2.45) is 0 Å². The highest BCUT2D eigenvalue weighted by molar-refractivity contribution is 5.54. The molecule has 0 saturated heterocycles. The average Bonchev–Trinajstić information content (AvgIpc) is 2.95. The lowest BCUT2D eigenvalue weighted by molar-refractivity contribution is 0.296. The molecule has 0 bridgehead atoms. The standard InChI is InChI=1S/C15H22N4O/c1-5-19(6-2)11-12-7-9-13(10-8-12)14-16-15(17-20-14)18(3)4/h7-10H,5-6,11H2,1-4H3. The van der Waals surface area contributed by atoms with Crippen molar-refractivity contribution >= 4 is 5.95 Å². The number of hydrogen-bond acceptors (Lipinski definition) is 5. The summed E-state index contributed by atoms with van der Waals surface area (Å²) in [6, 6.07) is 8.30. The second-order valence-corrected chi connectivity index (χ2v) is 4.95. The summed E-state index contributed by atoms with van der Waals surface area (Å²) in [5.74, 6) is 1.15. The summed E-state index contributed by atoms with van der Waals surface area (Å²) in [6.45, 7) is 7.46. The van der Waals surface area contributed by atoms with E-state index in [1.807, 2.05) is 31.1 Å². The summed E-state index contributed by atoms with van der Waals surface area (Å²) in [4.78, 5) is 8.54. The van der Waals surface area contributed by atoms with Crippen molar-refractivity contribution in [1.82, 2.24) is 15.0 Å². The van der Waals surface area contributed by atoms with Crippen LogP contribution >= 0.6 is 0 Å². The van der Waals surface area contributed by atoms with Crippen LogP contribution in [0.2, 0.25) is 0 Å². The Morgan fingerprint density at radius 1 is 1.05 bits per heavy atom. The molecule has 1 aromatic heterocycles. The topological polar surface area (TPSA) is 45.4 Å². The van der Waals surface area contributed by atoms with Gasteiger partial charge in [0.05, 0.1) is 0 Å². The van der Waals surface area contributed by atoms with Crippen molar-refractivity contribution in [2.45, 2.75) is 20.4 Å². The molecule has 0 atom stereocenters. The van der Waals surface area contributed by atoms with Crippen molar-refractivity contribution in [1.29, 1.82) is 0 Å². The van der Waals surface area contributed by atoms with Gasteiger partial charge in [-0.2, -0.15) is 4.98 Å². The van der Waals surface area contributed by atoms with E-state index >= 15 is 0 Å². The van der Waals surface area contributed by atoms with Crippen LogP contribution in [0.4, 0.5) is 5.95 Å². The van der Waals surface area contributed by atoms with Gasteiger partial charge >= 0.3 is 0 Å². The maximum absolute atomic E-state index is 5.26. The first kappa shape index (κ1) is 14.5. The SMILES string of the molecule is CCN(CC)Cc1ccc(-c2nc(N(C)C)no2)cc1.